The number of nitrogens with zero attached hydrogens (tertiary/aromatic N) is 3. The third kappa shape index (κ3) is 6.30. The van der Waals surface area contributed by atoms with Gasteiger partial charge in [-0.3, -0.25) is 9.78 Å². The first-order valence-electron chi connectivity index (χ1n) is 7.01. The van der Waals surface area contributed by atoms with Crippen LogP contribution in [0.4, 0.5) is 0 Å². The van der Waals surface area contributed by atoms with Crippen LogP contribution in [0.25, 0.3) is 0 Å². The molecule has 1 rings (SSSR count). The molecule has 0 radical (unpaired) electrons. The van der Waals surface area contributed by atoms with Crippen LogP contribution in [0.15, 0.2) is 24.5 Å². The Labute approximate surface area is 120 Å². The fraction of sp³-hybridized carbons (Fsp3) is 0.533. The minimum absolute atomic E-state index is 0.0983. The Morgan fingerprint density at radius 3 is 2.90 bits per heavy atom. The lowest BCUT2D eigenvalue weighted by Crippen LogP contribution is -2.31. The predicted octanol–water partition coefficient (Wildman–Crippen LogP) is 1.84. The van der Waals surface area contributed by atoms with E-state index >= 15 is 0 Å². The highest BCUT2D eigenvalue weighted by Gasteiger charge is 2.13. The molecule has 0 aromatic carbocycles. The van der Waals surface area contributed by atoms with Crippen molar-refractivity contribution in [2.45, 2.75) is 38.6 Å². The summed E-state index contributed by atoms with van der Waals surface area (Å²) < 4.78 is 0. The van der Waals surface area contributed by atoms with Gasteiger partial charge in [0.15, 0.2) is 0 Å². The molecule has 0 atom stereocenters. The quantitative estimate of drug-likeness (QED) is 0.696. The Hall–Kier alpha value is -1.93. The van der Waals surface area contributed by atoms with Crippen LogP contribution < -0.4 is 5.73 Å². The predicted molar refractivity (Wildman–Crippen MR) is 77.4 cm³/mol. The largest absolute Gasteiger partial charge is 0.337 e. The lowest BCUT2D eigenvalue weighted by molar-refractivity contribution is -0.131. The number of pyridine rings is 1. The second kappa shape index (κ2) is 9.93. The van der Waals surface area contributed by atoms with E-state index in [4.69, 9.17) is 11.0 Å². The standard InChI is InChI=1S/C15H22N4O/c16-8-3-1-2-7-15(20)19(11-5-9-17)13-14-6-4-10-18-12-14/h4,6,10,12H,1-3,5,7-8,11,13,16H2. The van der Waals surface area contributed by atoms with Crippen molar-refractivity contribution in [2.24, 2.45) is 5.73 Å². The number of unbranched alkanes of at least 4 members (excludes halogenated alkanes) is 2. The van der Waals surface area contributed by atoms with Crippen LogP contribution >= 0.6 is 0 Å². The van der Waals surface area contributed by atoms with Crippen molar-refractivity contribution < 1.29 is 4.79 Å². The van der Waals surface area contributed by atoms with Crippen LogP contribution in [0.2, 0.25) is 0 Å². The van der Waals surface area contributed by atoms with Gasteiger partial charge in [0.2, 0.25) is 5.91 Å². The second-order valence-electron chi connectivity index (χ2n) is 4.68. The number of amides is 1. The van der Waals surface area contributed by atoms with Gasteiger partial charge in [0.1, 0.15) is 0 Å². The molecule has 1 amide bonds. The summed E-state index contributed by atoms with van der Waals surface area (Å²) in [6.07, 6.45) is 7.11. The zero-order chi connectivity index (χ0) is 14.6. The highest BCUT2D eigenvalue weighted by molar-refractivity contribution is 5.76. The summed E-state index contributed by atoms with van der Waals surface area (Å²) in [6.45, 7) is 1.66. The summed E-state index contributed by atoms with van der Waals surface area (Å²) >= 11 is 0. The molecule has 1 heterocycles. The zero-order valence-corrected chi connectivity index (χ0v) is 11.8. The van der Waals surface area contributed by atoms with Crippen molar-refractivity contribution in [3.63, 3.8) is 0 Å². The van der Waals surface area contributed by atoms with Crippen LogP contribution in [0.5, 0.6) is 0 Å². The summed E-state index contributed by atoms with van der Waals surface area (Å²) in [6, 6.07) is 5.88. The van der Waals surface area contributed by atoms with Crippen molar-refractivity contribution in [3.8, 4) is 6.07 Å². The molecule has 0 saturated heterocycles. The zero-order valence-electron chi connectivity index (χ0n) is 11.8. The number of rotatable bonds is 9. The molecular formula is C15H22N4O. The van der Waals surface area contributed by atoms with Gasteiger partial charge in [-0.05, 0) is 31.0 Å². The molecule has 108 valence electrons. The van der Waals surface area contributed by atoms with Crippen LogP contribution in [-0.2, 0) is 11.3 Å². The van der Waals surface area contributed by atoms with Crippen LogP contribution in [0.3, 0.4) is 0 Å². The van der Waals surface area contributed by atoms with Crippen molar-refractivity contribution >= 4 is 5.91 Å². The van der Waals surface area contributed by atoms with Crippen LogP contribution in [0.1, 0.15) is 37.7 Å². The minimum atomic E-state index is 0.0983. The molecule has 1 aromatic rings. The third-order valence-corrected chi connectivity index (χ3v) is 3.04. The lowest BCUT2D eigenvalue weighted by atomic mass is 10.1. The summed E-state index contributed by atoms with van der Waals surface area (Å²) in [7, 11) is 0. The van der Waals surface area contributed by atoms with E-state index in [-0.39, 0.29) is 5.91 Å². The van der Waals surface area contributed by atoms with E-state index in [1.165, 1.54) is 0 Å². The number of nitriles is 1. The fourth-order valence-corrected chi connectivity index (χ4v) is 1.94. The summed E-state index contributed by atoms with van der Waals surface area (Å²) in [5, 5.41) is 8.69. The van der Waals surface area contributed by atoms with E-state index in [2.05, 4.69) is 11.1 Å². The normalized spacial score (nSPS) is 10.0. The van der Waals surface area contributed by atoms with Crippen LogP contribution in [-0.4, -0.2) is 28.9 Å². The molecular weight excluding hydrogens is 252 g/mol. The monoisotopic (exact) mass is 274 g/mol. The summed E-state index contributed by atoms with van der Waals surface area (Å²) in [5.41, 5.74) is 6.42. The molecule has 0 unspecified atom stereocenters. The van der Waals surface area contributed by atoms with Gasteiger partial charge in [-0.15, -0.1) is 0 Å². The highest BCUT2D eigenvalue weighted by Crippen LogP contribution is 2.08. The van der Waals surface area contributed by atoms with Crippen molar-refractivity contribution in [3.05, 3.63) is 30.1 Å². The molecule has 2 N–H and O–H groups in total. The average Bonchev–Trinajstić information content (AvgIpc) is 2.48. The van der Waals surface area contributed by atoms with Crippen molar-refractivity contribution in [1.29, 1.82) is 5.26 Å². The number of aromatic nitrogens is 1. The first kappa shape index (κ1) is 16.1. The Morgan fingerprint density at radius 2 is 2.25 bits per heavy atom. The van der Waals surface area contributed by atoms with Crippen molar-refractivity contribution in [2.75, 3.05) is 13.1 Å². The number of nitrogens with two attached hydrogens (primary N) is 1. The topological polar surface area (TPSA) is 83.0 Å². The van der Waals surface area contributed by atoms with E-state index in [0.717, 1.165) is 24.8 Å². The molecule has 0 saturated carbocycles. The molecule has 5 heteroatoms. The molecule has 0 aliphatic heterocycles. The summed E-state index contributed by atoms with van der Waals surface area (Å²) in [4.78, 5) is 18.0. The molecule has 0 aliphatic rings. The molecule has 0 bridgehead atoms. The van der Waals surface area contributed by atoms with Gasteiger partial charge in [0.05, 0.1) is 12.5 Å². The van der Waals surface area contributed by atoms with Gasteiger partial charge in [-0.1, -0.05) is 12.5 Å². The maximum atomic E-state index is 12.2. The molecule has 5 nitrogen and oxygen atoms in total. The first-order chi connectivity index (χ1) is 9.77. The number of hydrogen-bond acceptors (Lipinski definition) is 4. The van der Waals surface area contributed by atoms with E-state index < -0.39 is 0 Å². The lowest BCUT2D eigenvalue weighted by Gasteiger charge is -2.21. The number of hydrogen-bond donors (Lipinski definition) is 1. The Balaban J connectivity index is 2.50. The highest BCUT2D eigenvalue weighted by atomic mass is 16.2. The smallest absolute Gasteiger partial charge is 0.222 e. The Kier molecular flexibility index (Phi) is 8.01. The van der Waals surface area contributed by atoms with Gasteiger partial charge < -0.3 is 10.6 Å². The number of carbonyl (C=O) groups is 1. The minimum Gasteiger partial charge on any atom is -0.337 e. The van der Waals surface area contributed by atoms with Gasteiger partial charge in [0, 0.05) is 31.9 Å². The second-order valence-corrected chi connectivity index (χ2v) is 4.68. The SMILES string of the molecule is N#CCCN(Cc1cccnc1)C(=O)CCCCCN. The maximum Gasteiger partial charge on any atom is 0.222 e. The summed E-state index contributed by atoms with van der Waals surface area (Å²) in [5.74, 6) is 0.0983. The molecule has 0 spiro atoms. The molecule has 20 heavy (non-hydrogen) atoms. The average molecular weight is 274 g/mol. The first-order valence-corrected chi connectivity index (χ1v) is 7.01. The van der Waals surface area contributed by atoms with E-state index in [1.54, 1.807) is 17.3 Å². The van der Waals surface area contributed by atoms with Crippen LogP contribution in [0, 0.1) is 11.3 Å². The number of carbonyl (C=O) groups excluding carboxylic acids is 1. The molecule has 0 fully saturated rings. The Morgan fingerprint density at radius 1 is 1.40 bits per heavy atom. The van der Waals surface area contributed by atoms with E-state index in [0.29, 0.717) is 32.5 Å². The van der Waals surface area contributed by atoms with Gasteiger partial charge in [-0.2, -0.15) is 5.26 Å². The Bertz CT molecular complexity index is 427. The van der Waals surface area contributed by atoms with Crippen molar-refractivity contribution in [1.82, 2.24) is 9.88 Å². The fourth-order valence-electron chi connectivity index (χ4n) is 1.94. The molecule has 0 aliphatic carbocycles. The molecule has 1 aromatic heterocycles. The maximum absolute atomic E-state index is 12.2. The van der Waals surface area contributed by atoms with Gasteiger partial charge in [0.25, 0.3) is 0 Å². The van der Waals surface area contributed by atoms with E-state index in [1.807, 2.05) is 12.1 Å². The van der Waals surface area contributed by atoms with E-state index in [9.17, 15) is 4.79 Å². The third-order valence-electron chi connectivity index (χ3n) is 3.04. The van der Waals surface area contributed by atoms with Gasteiger partial charge in [-0.25, -0.2) is 0 Å². The van der Waals surface area contributed by atoms with Gasteiger partial charge >= 0.3 is 0 Å².